The van der Waals surface area contributed by atoms with Crippen molar-refractivity contribution in [3.63, 3.8) is 0 Å². The summed E-state index contributed by atoms with van der Waals surface area (Å²) in [7, 11) is -0.0284. The molecule has 19 heavy (non-hydrogen) atoms. The van der Waals surface area contributed by atoms with Crippen molar-refractivity contribution < 1.29 is 9.53 Å². The van der Waals surface area contributed by atoms with E-state index in [0.717, 1.165) is 25.7 Å². The van der Waals surface area contributed by atoms with Crippen LogP contribution in [-0.2, 0) is 9.53 Å². The Kier molecular flexibility index (Phi) is 5.93. The van der Waals surface area contributed by atoms with Crippen LogP contribution in [0.15, 0.2) is 0 Å². The number of rotatable bonds is 5. The molecule has 0 aromatic heterocycles. The molecule has 0 saturated heterocycles. The zero-order valence-electron chi connectivity index (χ0n) is 12.6. The van der Waals surface area contributed by atoms with Gasteiger partial charge in [0.2, 0.25) is 0 Å². The molecule has 0 aromatic rings. The van der Waals surface area contributed by atoms with Crippen LogP contribution in [0, 0.1) is 5.92 Å². The second-order valence-electron chi connectivity index (χ2n) is 6.60. The van der Waals surface area contributed by atoms with Gasteiger partial charge in [0.05, 0.1) is 5.92 Å². The number of carbonyl (C=O) groups is 1. The molecule has 3 heteroatoms. The van der Waals surface area contributed by atoms with Crippen LogP contribution < -0.4 is 0 Å². The standard InChI is InChI=1S/C16H30O2Si/c1-2-19-13-16(11-7-4-8-12-16)18-15(17)14-9-5-3-6-10-14/h14H,2-13,19H2,1H3. The van der Waals surface area contributed by atoms with Crippen molar-refractivity contribution in [2.24, 2.45) is 5.92 Å². The number of ether oxygens (including phenoxy) is 1. The molecule has 0 spiro atoms. The molecule has 0 heterocycles. The molecule has 0 N–H and O–H groups in total. The van der Waals surface area contributed by atoms with Crippen molar-refractivity contribution in [1.29, 1.82) is 0 Å². The van der Waals surface area contributed by atoms with Crippen molar-refractivity contribution in [2.75, 3.05) is 0 Å². The van der Waals surface area contributed by atoms with E-state index in [9.17, 15) is 4.79 Å². The van der Waals surface area contributed by atoms with Gasteiger partial charge in [-0.3, -0.25) is 4.79 Å². The van der Waals surface area contributed by atoms with Crippen molar-refractivity contribution in [3.8, 4) is 0 Å². The van der Waals surface area contributed by atoms with Gasteiger partial charge >= 0.3 is 5.97 Å². The quantitative estimate of drug-likeness (QED) is 0.566. The molecule has 2 rings (SSSR count). The maximum Gasteiger partial charge on any atom is 0.309 e. The van der Waals surface area contributed by atoms with Crippen LogP contribution in [0.3, 0.4) is 0 Å². The molecule has 110 valence electrons. The van der Waals surface area contributed by atoms with Gasteiger partial charge in [0.15, 0.2) is 0 Å². The second-order valence-corrected chi connectivity index (χ2v) is 8.81. The molecule has 2 saturated carbocycles. The minimum atomic E-state index is -0.0327. The van der Waals surface area contributed by atoms with Gasteiger partial charge in [0.1, 0.15) is 5.60 Å². The second kappa shape index (κ2) is 7.46. The Labute approximate surface area is 120 Å². The number of carbonyl (C=O) groups excluding carboxylic acids is 1. The predicted molar refractivity (Wildman–Crippen MR) is 82.3 cm³/mol. The van der Waals surface area contributed by atoms with E-state index in [2.05, 4.69) is 6.92 Å². The van der Waals surface area contributed by atoms with Crippen LogP contribution in [0.5, 0.6) is 0 Å². The summed E-state index contributed by atoms with van der Waals surface area (Å²) in [5.74, 6) is 0.363. The third-order valence-electron chi connectivity index (χ3n) is 5.01. The van der Waals surface area contributed by atoms with E-state index >= 15 is 0 Å². The van der Waals surface area contributed by atoms with E-state index in [-0.39, 0.29) is 27.0 Å². The first-order valence-electron chi connectivity index (χ1n) is 8.49. The van der Waals surface area contributed by atoms with Crippen LogP contribution in [-0.4, -0.2) is 21.1 Å². The largest absolute Gasteiger partial charge is 0.459 e. The van der Waals surface area contributed by atoms with E-state index in [1.165, 1.54) is 50.6 Å². The molecule has 0 atom stereocenters. The smallest absolute Gasteiger partial charge is 0.309 e. The summed E-state index contributed by atoms with van der Waals surface area (Å²) in [5, 5.41) is 0. The zero-order valence-corrected chi connectivity index (χ0v) is 14.0. The molecule has 0 radical (unpaired) electrons. The van der Waals surface area contributed by atoms with Gasteiger partial charge in [-0.25, -0.2) is 0 Å². The van der Waals surface area contributed by atoms with Gasteiger partial charge in [0.25, 0.3) is 0 Å². The fourth-order valence-corrected chi connectivity index (χ4v) is 5.33. The van der Waals surface area contributed by atoms with Crippen LogP contribution in [0.2, 0.25) is 12.1 Å². The summed E-state index contributed by atoms with van der Waals surface area (Å²) in [5.41, 5.74) is -0.0327. The predicted octanol–water partition coefficient (Wildman–Crippen LogP) is 3.84. The average molecular weight is 282 g/mol. The summed E-state index contributed by atoms with van der Waals surface area (Å²) >= 11 is 0. The minimum Gasteiger partial charge on any atom is -0.459 e. The van der Waals surface area contributed by atoms with Crippen molar-refractivity contribution in [3.05, 3.63) is 0 Å². The highest BCUT2D eigenvalue weighted by atomic mass is 28.2. The SMILES string of the molecule is CC[SiH2]CC1(OC(=O)C2CCCCC2)CCCCC1. The van der Waals surface area contributed by atoms with E-state index < -0.39 is 0 Å². The van der Waals surface area contributed by atoms with Gasteiger partial charge in [-0.15, -0.1) is 0 Å². The molecule has 0 unspecified atom stereocenters. The first-order valence-corrected chi connectivity index (χ1v) is 10.5. The molecular formula is C16H30O2Si. The average Bonchev–Trinajstić information content (AvgIpc) is 2.47. The highest BCUT2D eigenvalue weighted by Crippen LogP contribution is 2.37. The third-order valence-corrected chi connectivity index (χ3v) is 6.98. The Morgan fingerprint density at radius 1 is 1.11 bits per heavy atom. The van der Waals surface area contributed by atoms with Crippen molar-refractivity contribution in [1.82, 2.24) is 0 Å². The lowest BCUT2D eigenvalue weighted by atomic mass is 9.85. The zero-order chi connectivity index (χ0) is 13.6. The van der Waals surface area contributed by atoms with Crippen LogP contribution >= 0.6 is 0 Å². The lowest BCUT2D eigenvalue weighted by Crippen LogP contribution is -2.40. The number of esters is 1. The molecule has 2 nitrogen and oxygen atoms in total. The van der Waals surface area contributed by atoms with E-state index in [1.54, 1.807) is 0 Å². The monoisotopic (exact) mass is 282 g/mol. The van der Waals surface area contributed by atoms with Gasteiger partial charge in [-0.1, -0.05) is 38.7 Å². The molecule has 2 aliphatic carbocycles. The van der Waals surface area contributed by atoms with E-state index in [4.69, 9.17) is 4.74 Å². The van der Waals surface area contributed by atoms with Gasteiger partial charge < -0.3 is 4.74 Å². The fourth-order valence-electron chi connectivity index (χ4n) is 3.73. The molecule has 0 amide bonds. The number of hydrogen-bond donors (Lipinski definition) is 0. The highest BCUT2D eigenvalue weighted by Gasteiger charge is 2.37. The normalized spacial score (nSPS) is 24.7. The fraction of sp³-hybridized carbons (Fsp3) is 0.938. The first-order chi connectivity index (χ1) is 9.26. The van der Waals surface area contributed by atoms with Crippen molar-refractivity contribution in [2.45, 2.75) is 88.8 Å². The van der Waals surface area contributed by atoms with Gasteiger partial charge in [0, 0.05) is 9.52 Å². The topological polar surface area (TPSA) is 26.3 Å². The molecular weight excluding hydrogens is 252 g/mol. The lowest BCUT2D eigenvalue weighted by molar-refractivity contribution is -0.167. The Morgan fingerprint density at radius 2 is 1.74 bits per heavy atom. The number of hydrogen-bond acceptors (Lipinski definition) is 2. The van der Waals surface area contributed by atoms with Gasteiger partial charge in [-0.05, 0) is 44.6 Å². The summed E-state index contributed by atoms with van der Waals surface area (Å²) in [6, 6.07) is 2.56. The summed E-state index contributed by atoms with van der Waals surface area (Å²) in [6.45, 7) is 2.28. The Bertz CT molecular complexity index is 278. The van der Waals surface area contributed by atoms with Crippen LogP contribution in [0.1, 0.15) is 71.1 Å². The molecule has 2 fully saturated rings. The van der Waals surface area contributed by atoms with Crippen LogP contribution in [0.25, 0.3) is 0 Å². The molecule has 0 aromatic carbocycles. The maximum absolute atomic E-state index is 12.4. The summed E-state index contributed by atoms with van der Waals surface area (Å²) < 4.78 is 6.12. The highest BCUT2D eigenvalue weighted by molar-refractivity contribution is 6.35. The van der Waals surface area contributed by atoms with Gasteiger partial charge in [-0.2, -0.15) is 0 Å². The summed E-state index contributed by atoms with van der Waals surface area (Å²) in [6.07, 6.45) is 12.0. The molecule has 0 bridgehead atoms. The third kappa shape index (κ3) is 4.33. The molecule has 2 aliphatic rings. The Hall–Kier alpha value is -0.313. The summed E-state index contributed by atoms with van der Waals surface area (Å²) in [4.78, 5) is 12.4. The van der Waals surface area contributed by atoms with Crippen LogP contribution in [0.4, 0.5) is 0 Å². The Balaban J connectivity index is 1.92. The first kappa shape index (κ1) is 15.1. The van der Waals surface area contributed by atoms with Crippen molar-refractivity contribution >= 4 is 15.5 Å². The lowest BCUT2D eigenvalue weighted by Gasteiger charge is -2.38. The van der Waals surface area contributed by atoms with E-state index in [1.807, 2.05) is 0 Å². The van der Waals surface area contributed by atoms with E-state index in [0.29, 0.717) is 0 Å². The minimum absolute atomic E-state index is 0.0284. The molecule has 0 aliphatic heterocycles. The maximum atomic E-state index is 12.4. The Morgan fingerprint density at radius 3 is 2.37 bits per heavy atom.